The molecule has 0 spiro atoms. The van der Waals surface area contributed by atoms with Crippen molar-refractivity contribution in [2.24, 2.45) is 5.92 Å². The van der Waals surface area contributed by atoms with Gasteiger partial charge in [0, 0.05) is 22.2 Å². The molecule has 180 valence electrons. The molecule has 2 aromatic heterocycles. The van der Waals surface area contributed by atoms with Gasteiger partial charge in [0.25, 0.3) is 5.91 Å². The number of carbonyl (C=O) groups excluding carboxylic acids is 1. The van der Waals surface area contributed by atoms with E-state index in [-0.39, 0.29) is 11.6 Å². The first-order valence-corrected chi connectivity index (χ1v) is 11.5. The average molecular weight is 493 g/mol. The summed E-state index contributed by atoms with van der Waals surface area (Å²) >= 11 is 6.16. The van der Waals surface area contributed by atoms with E-state index in [1.807, 2.05) is 44.2 Å². The molecule has 0 aliphatic rings. The summed E-state index contributed by atoms with van der Waals surface area (Å²) in [5.74, 6) is -0.971. The van der Waals surface area contributed by atoms with Crippen molar-refractivity contribution in [3.05, 3.63) is 71.5 Å². The molecule has 0 saturated carbocycles. The molecule has 0 saturated heterocycles. The van der Waals surface area contributed by atoms with E-state index in [0.717, 1.165) is 10.9 Å². The van der Waals surface area contributed by atoms with E-state index in [1.54, 1.807) is 42.3 Å². The Labute approximate surface area is 207 Å². The lowest BCUT2D eigenvalue weighted by atomic mass is 10.0. The lowest BCUT2D eigenvalue weighted by Gasteiger charge is -2.15. The zero-order valence-corrected chi connectivity index (χ0v) is 20.3. The molecule has 35 heavy (non-hydrogen) atoms. The zero-order chi connectivity index (χ0) is 25.1. The number of ether oxygens (including phenoxy) is 1. The van der Waals surface area contributed by atoms with Crippen LogP contribution in [0, 0.1) is 5.92 Å². The Morgan fingerprint density at radius 1 is 1.14 bits per heavy atom. The van der Waals surface area contributed by atoms with Crippen LogP contribution in [0.3, 0.4) is 0 Å². The van der Waals surface area contributed by atoms with E-state index >= 15 is 0 Å². The first-order valence-electron chi connectivity index (χ1n) is 11.1. The number of methoxy groups -OCH3 is 1. The second-order valence-electron chi connectivity index (χ2n) is 8.51. The number of para-hydroxylation sites is 1. The zero-order valence-electron chi connectivity index (χ0n) is 19.5. The molecule has 0 fully saturated rings. The maximum atomic E-state index is 13.1. The van der Waals surface area contributed by atoms with Gasteiger partial charge in [0.1, 0.15) is 11.8 Å². The summed E-state index contributed by atoms with van der Waals surface area (Å²) in [5, 5.41) is 18.1. The summed E-state index contributed by atoms with van der Waals surface area (Å²) in [5.41, 5.74) is 2.76. The number of carbonyl (C=O) groups is 2. The Morgan fingerprint density at radius 2 is 1.91 bits per heavy atom. The number of halogens is 1. The molecule has 0 bridgehead atoms. The van der Waals surface area contributed by atoms with Gasteiger partial charge in [0.15, 0.2) is 5.69 Å². The Balaban J connectivity index is 1.87. The molecule has 0 aliphatic heterocycles. The molecule has 0 aliphatic carbocycles. The highest BCUT2D eigenvalue weighted by molar-refractivity contribution is 6.31. The number of carboxylic acids is 1. The SMILES string of the molecule is COc1ccccc1-c1cc(C(=O)N[C@@H](CC(C)C)C(=O)O)nn1-c1ccnc2cc(Cl)ccc12. The molecule has 1 amide bonds. The molecule has 2 aromatic carbocycles. The van der Waals surface area contributed by atoms with E-state index in [0.29, 0.717) is 34.1 Å². The molecule has 4 aromatic rings. The molecule has 1 atom stereocenters. The first-order chi connectivity index (χ1) is 16.8. The predicted molar refractivity (Wildman–Crippen MR) is 134 cm³/mol. The first kappa shape index (κ1) is 24.2. The van der Waals surface area contributed by atoms with Crippen LogP contribution in [0.2, 0.25) is 5.02 Å². The van der Waals surface area contributed by atoms with Gasteiger partial charge in [-0.3, -0.25) is 9.78 Å². The van der Waals surface area contributed by atoms with Crippen LogP contribution < -0.4 is 10.1 Å². The third-order valence-electron chi connectivity index (χ3n) is 5.55. The Kier molecular flexibility index (Phi) is 7.02. The minimum absolute atomic E-state index is 0.0832. The summed E-state index contributed by atoms with van der Waals surface area (Å²) in [6, 6.07) is 15.2. The number of hydrogen-bond donors (Lipinski definition) is 2. The molecule has 2 N–H and O–H groups in total. The fourth-order valence-electron chi connectivity index (χ4n) is 3.94. The third kappa shape index (κ3) is 5.12. The van der Waals surface area contributed by atoms with Crippen LogP contribution in [0.5, 0.6) is 5.75 Å². The standard InChI is InChI=1S/C26H25ClN4O4/c1-15(2)12-21(26(33)34)29-25(32)20-14-23(18-6-4-5-7-24(18)35-3)31(30-20)22-10-11-28-19-13-16(27)8-9-17(19)22/h4-11,13-15,21H,12H2,1-3H3,(H,29,32)(H,33,34)/t21-/m0/s1. The van der Waals surface area contributed by atoms with Crippen molar-refractivity contribution in [2.75, 3.05) is 7.11 Å². The van der Waals surface area contributed by atoms with Crippen molar-refractivity contribution in [1.29, 1.82) is 0 Å². The van der Waals surface area contributed by atoms with E-state index < -0.39 is 17.9 Å². The van der Waals surface area contributed by atoms with Crippen LogP contribution in [-0.2, 0) is 4.79 Å². The summed E-state index contributed by atoms with van der Waals surface area (Å²) in [4.78, 5) is 29.2. The van der Waals surface area contributed by atoms with Gasteiger partial charge in [-0.05, 0) is 54.8 Å². The van der Waals surface area contributed by atoms with Crippen molar-refractivity contribution in [1.82, 2.24) is 20.1 Å². The third-order valence-corrected chi connectivity index (χ3v) is 5.78. The summed E-state index contributed by atoms with van der Waals surface area (Å²) in [6.45, 7) is 3.80. The minimum atomic E-state index is -1.09. The lowest BCUT2D eigenvalue weighted by Crippen LogP contribution is -2.41. The summed E-state index contributed by atoms with van der Waals surface area (Å²) in [6.07, 6.45) is 1.95. The lowest BCUT2D eigenvalue weighted by molar-refractivity contribution is -0.139. The number of pyridine rings is 1. The van der Waals surface area contributed by atoms with Gasteiger partial charge in [-0.2, -0.15) is 5.10 Å². The monoisotopic (exact) mass is 492 g/mol. The average Bonchev–Trinajstić information content (AvgIpc) is 3.28. The van der Waals surface area contributed by atoms with Gasteiger partial charge in [-0.15, -0.1) is 0 Å². The van der Waals surface area contributed by atoms with Gasteiger partial charge >= 0.3 is 5.97 Å². The number of hydrogen-bond acceptors (Lipinski definition) is 5. The second kappa shape index (κ2) is 10.1. The fourth-order valence-corrected chi connectivity index (χ4v) is 4.11. The van der Waals surface area contributed by atoms with E-state index in [1.165, 1.54) is 0 Å². The van der Waals surface area contributed by atoms with Gasteiger partial charge in [-0.1, -0.05) is 37.6 Å². The topological polar surface area (TPSA) is 106 Å². The highest BCUT2D eigenvalue weighted by atomic mass is 35.5. The van der Waals surface area contributed by atoms with Crippen LogP contribution in [0.25, 0.3) is 27.8 Å². The van der Waals surface area contributed by atoms with Crippen molar-refractivity contribution >= 4 is 34.4 Å². The number of benzene rings is 2. The molecule has 9 heteroatoms. The molecule has 0 unspecified atom stereocenters. The molecule has 0 radical (unpaired) electrons. The molecular weight excluding hydrogens is 468 g/mol. The molecule has 2 heterocycles. The predicted octanol–water partition coefficient (Wildman–Crippen LogP) is 4.98. The molecule has 4 rings (SSSR count). The number of aliphatic carboxylic acids is 1. The van der Waals surface area contributed by atoms with E-state index in [2.05, 4.69) is 15.4 Å². The summed E-state index contributed by atoms with van der Waals surface area (Å²) in [7, 11) is 1.57. The van der Waals surface area contributed by atoms with Crippen molar-refractivity contribution in [3.8, 4) is 22.7 Å². The normalized spacial score (nSPS) is 12.0. The van der Waals surface area contributed by atoms with Crippen molar-refractivity contribution < 1.29 is 19.4 Å². The van der Waals surface area contributed by atoms with E-state index in [4.69, 9.17) is 16.3 Å². The van der Waals surface area contributed by atoms with Crippen LogP contribution in [0.15, 0.2) is 60.8 Å². The van der Waals surface area contributed by atoms with Crippen LogP contribution >= 0.6 is 11.6 Å². The van der Waals surface area contributed by atoms with Gasteiger partial charge in [-0.25, -0.2) is 9.48 Å². The number of fused-ring (bicyclic) bond motifs is 1. The molecular formula is C26H25ClN4O4. The maximum absolute atomic E-state index is 13.1. The van der Waals surface area contributed by atoms with Crippen LogP contribution in [0.4, 0.5) is 0 Å². The largest absolute Gasteiger partial charge is 0.496 e. The highest BCUT2D eigenvalue weighted by Gasteiger charge is 2.25. The number of carboxylic acid groups (broad SMARTS) is 1. The van der Waals surface area contributed by atoms with Gasteiger partial charge in [0.05, 0.1) is 24.0 Å². The van der Waals surface area contributed by atoms with Gasteiger partial charge in [0.2, 0.25) is 0 Å². The molecule has 8 nitrogen and oxygen atoms in total. The smallest absolute Gasteiger partial charge is 0.326 e. The maximum Gasteiger partial charge on any atom is 0.326 e. The number of rotatable bonds is 8. The Bertz CT molecular complexity index is 1400. The Morgan fingerprint density at radius 3 is 2.63 bits per heavy atom. The number of amides is 1. The fraction of sp³-hybridized carbons (Fsp3) is 0.231. The van der Waals surface area contributed by atoms with Crippen molar-refractivity contribution in [2.45, 2.75) is 26.3 Å². The highest BCUT2D eigenvalue weighted by Crippen LogP contribution is 2.34. The van der Waals surface area contributed by atoms with Crippen molar-refractivity contribution in [3.63, 3.8) is 0 Å². The number of nitrogens with zero attached hydrogens (tertiary/aromatic N) is 3. The number of nitrogens with one attached hydrogen (secondary N) is 1. The Hall–Kier alpha value is -3.91. The summed E-state index contributed by atoms with van der Waals surface area (Å²) < 4.78 is 7.20. The minimum Gasteiger partial charge on any atom is -0.496 e. The van der Waals surface area contributed by atoms with Crippen LogP contribution in [0.1, 0.15) is 30.8 Å². The van der Waals surface area contributed by atoms with Crippen LogP contribution in [-0.4, -0.2) is 44.9 Å². The van der Waals surface area contributed by atoms with E-state index in [9.17, 15) is 14.7 Å². The number of aromatic nitrogens is 3. The second-order valence-corrected chi connectivity index (χ2v) is 8.95. The van der Waals surface area contributed by atoms with Gasteiger partial charge < -0.3 is 15.2 Å². The quantitative estimate of drug-likeness (QED) is 0.359.